The molecule has 0 heterocycles. The molecular formula is C16H23NOS. The number of amides is 1. The molecule has 0 saturated heterocycles. The van der Waals surface area contributed by atoms with Crippen molar-refractivity contribution < 1.29 is 4.79 Å². The highest BCUT2D eigenvalue weighted by molar-refractivity contribution is 8.00. The number of thioether (sulfide) groups is 1. The second kappa shape index (κ2) is 6.99. The Morgan fingerprint density at radius 3 is 2.79 bits per heavy atom. The molecular weight excluding hydrogens is 254 g/mol. The van der Waals surface area contributed by atoms with Crippen molar-refractivity contribution in [1.82, 2.24) is 0 Å². The van der Waals surface area contributed by atoms with Gasteiger partial charge in [0.25, 0.3) is 0 Å². The van der Waals surface area contributed by atoms with Gasteiger partial charge in [0, 0.05) is 10.9 Å². The minimum atomic E-state index is 0.140. The van der Waals surface area contributed by atoms with Crippen molar-refractivity contribution in [2.24, 2.45) is 0 Å². The van der Waals surface area contributed by atoms with Gasteiger partial charge >= 0.3 is 0 Å². The molecule has 1 aromatic carbocycles. The summed E-state index contributed by atoms with van der Waals surface area (Å²) in [6.45, 7) is 4.18. The monoisotopic (exact) mass is 277 g/mol. The summed E-state index contributed by atoms with van der Waals surface area (Å²) in [6, 6.07) is 6.20. The molecule has 0 atom stereocenters. The Labute approximate surface area is 120 Å². The average Bonchev–Trinajstić information content (AvgIpc) is 2.92. The van der Waals surface area contributed by atoms with Gasteiger partial charge in [-0.25, -0.2) is 0 Å². The summed E-state index contributed by atoms with van der Waals surface area (Å²) in [5.74, 6) is 0.725. The van der Waals surface area contributed by atoms with Gasteiger partial charge in [-0.05, 0) is 37.3 Å². The molecule has 3 heteroatoms. The van der Waals surface area contributed by atoms with Crippen LogP contribution in [0, 0.1) is 6.92 Å². The zero-order valence-electron chi connectivity index (χ0n) is 11.9. The lowest BCUT2D eigenvalue weighted by Crippen LogP contribution is -2.17. The van der Waals surface area contributed by atoms with E-state index in [0.29, 0.717) is 11.0 Å². The van der Waals surface area contributed by atoms with E-state index in [0.717, 1.165) is 17.7 Å². The SMILES string of the molecule is CCc1cccc(C)c1NC(=O)CSC1CCCC1. The molecule has 1 aliphatic rings. The third kappa shape index (κ3) is 4.00. The maximum absolute atomic E-state index is 12.1. The lowest BCUT2D eigenvalue weighted by Gasteiger charge is -2.14. The summed E-state index contributed by atoms with van der Waals surface area (Å²) in [4.78, 5) is 12.1. The van der Waals surface area contributed by atoms with Gasteiger partial charge in [0.05, 0.1) is 5.75 Å². The van der Waals surface area contributed by atoms with Gasteiger partial charge in [0.2, 0.25) is 5.91 Å². The van der Waals surface area contributed by atoms with Crippen LogP contribution in [0.2, 0.25) is 0 Å². The van der Waals surface area contributed by atoms with Gasteiger partial charge in [0.15, 0.2) is 0 Å². The maximum Gasteiger partial charge on any atom is 0.234 e. The maximum atomic E-state index is 12.1. The first-order valence-corrected chi connectivity index (χ1v) is 8.25. The minimum Gasteiger partial charge on any atom is -0.325 e. The molecule has 1 aromatic rings. The molecule has 19 heavy (non-hydrogen) atoms. The molecule has 0 aromatic heterocycles. The first-order valence-electron chi connectivity index (χ1n) is 7.20. The van der Waals surface area contributed by atoms with Crippen molar-refractivity contribution in [3.05, 3.63) is 29.3 Å². The number of hydrogen-bond acceptors (Lipinski definition) is 2. The van der Waals surface area contributed by atoms with E-state index in [1.807, 2.05) is 11.8 Å². The van der Waals surface area contributed by atoms with Crippen LogP contribution in [0.15, 0.2) is 18.2 Å². The molecule has 0 unspecified atom stereocenters. The van der Waals surface area contributed by atoms with E-state index < -0.39 is 0 Å². The standard InChI is InChI=1S/C16H23NOS/c1-3-13-8-6-7-12(2)16(13)17-15(18)11-19-14-9-4-5-10-14/h6-8,14H,3-5,9-11H2,1-2H3,(H,17,18). The van der Waals surface area contributed by atoms with Gasteiger partial charge in [-0.2, -0.15) is 0 Å². The van der Waals surface area contributed by atoms with Gasteiger partial charge in [0.1, 0.15) is 0 Å². The van der Waals surface area contributed by atoms with Crippen molar-refractivity contribution in [2.75, 3.05) is 11.1 Å². The Morgan fingerprint density at radius 2 is 2.11 bits per heavy atom. The Morgan fingerprint density at radius 1 is 1.37 bits per heavy atom. The first-order chi connectivity index (χ1) is 9.20. The summed E-state index contributed by atoms with van der Waals surface area (Å²) >= 11 is 1.82. The number of anilines is 1. The largest absolute Gasteiger partial charge is 0.325 e. The molecule has 1 saturated carbocycles. The van der Waals surface area contributed by atoms with E-state index in [1.54, 1.807) is 0 Å². The highest BCUT2D eigenvalue weighted by atomic mass is 32.2. The Bertz CT molecular complexity index is 438. The lowest BCUT2D eigenvalue weighted by atomic mass is 10.1. The predicted molar refractivity (Wildman–Crippen MR) is 83.9 cm³/mol. The van der Waals surface area contributed by atoms with Crippen LogP contribution in [0.5, 0.6) is 0 Å². The van der Waals surface area contributed by atoms with Crippen molar-refractivity contribution in [1.29, 1.82) is 0 Å². The van der Waals surface area contributed by atoms with E-state index in [4.69, 9.17) is 0 Å². The quantitative estimate of drug-likeness (QED) is 0.875. The Balaban J connectivity index is 1.91. The molecule has 0 bridgehead atoms. The first kappa shape index (κ1) is 14.4. The fourth-order valence-corrected chi connectivity index (χ4v) is 3.75. The van der Waals surface area contributed by atoms with Crippen LogP contribution in [0.25, 0.3) is 0 Å². The molecule has 1 fully saturated rings. The van der Waals surface area contributed by atoms with Crippen LogP contribution in [0.3, 0.4) is 0 Å². The van der Waals surface area contributed by atoms with Crippen LogP contribution in [-0.4, -0.2) is 16.9 Å². The van der Waals surface area contributed by atoms with E-state index >= 15 is 0 Å². The molecule has 1 amide bonds. The highest BCUT2D eigenvalue weighted by Crippen LogP contribution is 2.29. The minimum absolute atomic E-state index is 0.140. The molecule has 2 nitrogen and oxygen atoms in total. The van der Waals surface area contributed by atoms with Gasteiger partial charge in [-0.15, -0.1) is 11.8 Å². The number of benzene rings is 1. The van der Waals surface area contributed by atoms with Gasteiger partial charge in [-0.1, -0.05) is 38.0 Å². The second-order valence-corrected chi connectivity index (χ2v) is 6.52. The molecule has 0 spiro atoms. The fourth-order valence-electron chi connectivity index (χ4n) is 2.63. The van der Waals surface area contributed by atoms with Crippen LogP contribution in [0.4, 0.5) is 5.69 Å². The van der Waals surface area contributed by atoms with Crippen molar-refractivity contribution >= 4 is 23.4 Å². The third-order valence-electron chi connectivity index (χ3n) is 3.76. The number of rotatable bonds is 5. The van der Waals surface area contributed by atoms with Gasteiger partial charge < -0.3 is 5.32 Å². The number of aryl methyl sites for hydroxylation is 2. The predicted octanol–water partition coefficient (Wildman–Crippen LogP) is 4.17. The molecule has 1 aliphatic carbocycles. The van der Waals surface area contributed by atoms with Crippen molar-refractivity contribution in [3.8, 4) is 0 Å². The molecule has 1 N–H and O–H groups in total. The highest BCUT2D eigenvalue weighted by Gasteiger charge is 2.17. The molecule has 0 radical (unpaired) electrons. The molecule has 104 valence electrons. The van der Waals surface area contributed by atoms with E-state index in [1.165, 1.54) is 31.2 Å². The summed E-state index contributed by atoms with van der Waals surface area (Å²) in [5, 5.41) is 3.80. The number of carbonyl (C=O) groups is 1. The van der Waals surface area contributed by atoms with Crippen LogP contribution in [0.1, 0.15) is 43.7 Å². The zero-order chi connectivity index (χ0) is 13.7. The second-order valence-electron chi connectivity index (χ2n) is 5.23. The van der Waals surface area contributed by atoms with Crippen LogP contribution in [-0.2, 0) is 11.2 Å². The lowest BCUT2D eigenvalue weighted by molar-refractivity contribution is -0.113. The van der Waals surface area contributed by atoms with Crippen LogP contribution >= 0.6 is 11.8 Å². The van der Waals surface area contributed by atoms with Crippen molar-refractivity contribution in [2.45, 2.75) is 51.2 Å². The Kier molecular flexibility index (Phi) is 5.32. The number of nitrogens with one attached hydrogen (secondary N) is 1. The number of carbonyl (C=O) groups excluding carboxylic acids is 1. The molecule has 0 aliphatic heterocycles. The zero-order valence-corrected chi connectivity index (χ0v) is 12.7. The Hall–Kier alpha value is -0.960. The summed E-state index contributed by atoms with van der Waals surface area (Å²) in [7, 11) is 0. The summed E-state index contributed by atoms with van der Waals surface area (Å²) in [5.41, 5.74) is 3.39. The van der Waals surface area contributed by atoms with Crippen molar-refractivity contribution in [3.63, 3.8) is 0 Å². The average molecular weight is 277 g/mol. The normalized spacial score (nSPS) is 15.7. The van der Waals surface area contributed by atoms with Crippen LogP contribution < -0.4 is 5.32 Å². The smallest absolute Gasteiger partial charge is 0.234 e. The number of hydrogen-bond donors (Lipinski definition) is 1. The summed E-state index contributed by atoms with van der Waals surface area (Å²) in [6.07, 6.45) is 6.17. The topological polar surface area (TPSA) is 29.1 Å². The van der Waals surface area contributed by atoms with Gasteiger partial charge in [-0.3, -0.25) is 4.79 Å². The van der Waals surface area contributed by atoms with E-state index in [-0.39, 0.29) is 5.91 Å². The van der Waals surface area contributed by atoms with E-state index in [2.05, 4.69) is 37.4 Å². The van der Waals surface area contributed by atoms with E-state index in [9.17, 15) is 4.79 Å². The summed E-state index contributed by atoms with van der Waals surface area (Å²) < 4.78 is 0. The fraction of sp³-hybridized carbons (Fsp3) is 0.562. The molecule has 2 rings (SSSR count). The number of para-hydroxylation sites is 1. The third-order valence-corrected chi connectivity index (χ3v) is 5.13.